The molecule has 0 saturated heterocycles. The molecule has 0 rings (SSSR count). The molecule has 0 saturated carbocycles. The van der Waals surface area contributed by atoms with Crippen LogP contribution in [0.1, 0.15) is 6.92 Å². The molecule has 0 radical (unpaired) electrons. The normalized spacial score (nSPS) is 8.07. The molecule has 86 valence electrons. The Morgan fingerprint density at radius 3 is 2.13 bits per heavy atom. The van der Waals surface area contributed by atoms with E-state index in [2.05, 4.69) is 29.4 Å². The summed E-state index contributed by atoms with van der Waals surface area (Å²) in [7, 11) is 0. The minimum atomic E-state index is -0.833. The van der Waals surface area contributed by atoms with Crippen molar-refractivity contribution in [1.82, 2.24) is 0 Å². The molecule has 0 bridgehead atoms. The van der Waals surface area contributed by atoms with Gasteiger partial charge in [0.15, 0.2) is 0 Å². The van der Waals surface area contributed by atoms with Crippen LogP contribution in [0.15, 0.2) is 25.0 Å². The van der Waals surface area contributed by atoms with Gasteiger partial charge in [-0.3, -0.25) is 0 Å². The minimum absolute atomic E-state index is 0.0567. The standard InChI is InChI=1S/C8H12O3.CH4N2O/c1-4-11-8(9)6-10-5-7(2)3;2-1(3)4/h4H,1-2,5-6H2,3H3;(H4,2,3,4). The summed E-state index contributed by atoms with van der Waals surface area (Å²) in [6.07, 6.45) is 1.08. The zero-order valence-electron chi connectivity index (χ0n) is 8.69. The van der Waals surface area contributed by atoms with E-state index in [0.29, 0.717) is 6.61 Å². The molecule has 4 N–H and O–H groups in total. The molecule has 0 aromatic rings. The van der Waals surface area contributed by atoms with Crippen LogP contribution in [-0.4, -0.2) is 25.2 Å². The highest BCUT2D eigenvalue weighted by atomic mass is 16.6. The first-order valence-corrected chi connectivity index (χ1v) is 3.97. The average molecular weight is 216 g/mol. The minimum Gasteiger partial charge on any atom is -0.433 e. The van der Waals surface area contributed by atoms with Crippen LogP contribution in [0.2, 0.25) is 0 Å². The van der Waals surface area contributed by atoms with E-state index in [1.165, 1.54) is 0 Å². The van der Waals surface area contributed by atoms with Crippen LogP contribution in [-0.2, 0) is 14.3 Å². The quantitative estimate of drug-likeness (QED) is 0.391. The molecule has 0 aliphatic heterocycles. The molecule has 2 amide bonds. The lowest BCUT2D eigenvalue weighted by molar-refractivity contribution is -0.142. The summed E-state index contributed by atoms with van der Waals surface area (Å²) in [6.45, 7) is 8.97. The molecular weight excluding hydrogens is 200 g/mol. The highest BCUT2D eigenvalue weighted by Crippen LogP contribution is 1.88. The molecule has 0 aliphatic carbocycles. The summed E-state index contributed by atoms with van der Waals surface area (Å²) in [6, 6.07) is -0.833. The van der Waals surface area contributed by atoms with Crippen molar-refractivity contribution in [1.29, 1.82) is 0 Å². The predicted octanol–water partition coefficient (Wildman–Crippen LogP) is 0.290. The van der Waals surface area contributed by atoms with Gasteiger partial charge < -0.3 is 20.9 Å². The maximum Gasteiger partial charge on any atom is 0.336 e. The van der Waals surface area contributed by atoms with E-state index in [1.54, 1.807) is 0 Å². The van der Waals surface area contributed by atoms with Gasteiger partial charge >= 0.3 is 12.0 Å². The van der Waals surface area contributed by atoms with Gasteiger partial charge in [0.1, 0.15) is 6.61 Å². The summed E-state index contributed by atoms with van der Waals surface area (Å²) >= 11 is 0. The van der Waals surface area contributed by atoms with Gasteiger partial charge in [-0.2, -0.15) is 0 Å². The van der Waals surface area contributed by atoms with Crippen molar-refractivity contribution >= 4 is 12.0 Å². The maximum atomic E-state index is 10.6. The SMILES string of the molecule is C=COC(=O)COCC(=C)C.NC(N)=O. The van der Waals surface area contributed by atoms with E-state index in [0.717, 1.165) is 11.8 Å². The van der Waals surface area contributed by atoms with E-state index in [9.17, 15) is 4.79 Å². The molecule has 0 unspecified atom stereocenters. The zero-order chi connectivity index (χ0) is 12.3. The van der Waals surface area contributed by atoms with Gasteiger partial charge in [-0.1, -0.05) is 18.7 Å². The zero-order valence-corrected chi connectivity index (χ0v) is 8.69. The Morgan fingerprint density at radius 1 is 1.33 bits per heavy atom. The number of nitrogens with two attached hydrogens (primary N) is 2. The van der Waals surface area contributed by atoms with Gasteiger partial charge in [0, 0.05) is 0 Å². The summed E-state index contributed by atoms with van der Waals surface area (Å²) in [5.41, 5.74) is 9.37. The van der Waals surface area contributed by atoms with Crippen molar-refractivity contribution in [3.05, 3.63) is 25.0 Å². The summed E-state index contributed by atoms with van der Waals surface area (Å²) in [4.78, 5) is 19.6. The van der Waals surface area contributed by atoms with Crippen molar-refractivity contribution in [3.63, 3.8) is 0 Å². The molecule has 0 heterocycles. The second kappa shape index (κ2) is 10.3. The summed E-state index contributed by atoms with van der Waals surface area (Å²) in [5, 5.41) is 0. The van der Waals surface area contributed by atoms with Gasteiger partial charge in [-0.25, -0.2) is 9.59 Å². The number of hydrogen-bond donors (Lipinski definition) is 2. The van der Waals surface area contributed by atoms with E-state index < -0.39 is 12.0 Å². The smallest absolute Gasteiger partial charge is 0.336 e. The van der Waals surface area contributed by atoms with Gasteiger partial charge in [-0.15, -0.1) is 0 Å². The molecule has 0 aliphatic rings. The maximum absolute atomic E-state index is 10.6. The number of esters is 1. The molecule has 0 fully saturated rings. The third kappa shape index (κ3) is 24.5. The van der Waals surface area contributed by atoms with E-state index in [-0.39, 0.29) is 6.61 Å². The van der Waals surface area contributed by atoms with Gasteiger partial charge in [-0.05, 0) is 6.92 Å². The Hall–Kier alpha value is -1.82. The number of amides is 2. The molecule has 0 aromatic carbocycles. The predicted molar refractivity (Wildman–Crippen MR) is 55.7 cm³/mol. The van der Waals surface area contributed by atoms with Crippen LogP contribution in [0.3, 0.4) is 0 Å². The number of rotatable bonds is 5. The number of hydrogen-bond acceptors (Lipinski definition) is 4. The number of primary amides is 2. The van der Waals surface area contributed by atoms with Crippen LogP contribution < -0.4 is 11.5 Å². The first-order valence-electron chi connectivity index (χ1n) is 3.97. The molecule has 0 aromatic heterocycles. The highest BCUT2D eigenvalue weighted by Gasteiger charge is 1.99. The van der Waals surface area contributed by atoms with Crippen LogP contribution in [0.5, 0.6) is 0 Å². The van der Waals surface area contributed by atoms with Crippen LogP contribution in [0.4, 0.5) is 4.79 Å². The fourth-order valence-corrected chi connectivity index (χ4v) is 0.436. The van der Waals surface area contributed by atoms with Gasteiger partial charge in [0.05, 0.1) is 12.9 Å². The van der Waals surface area contributed by atoms with Crippen LogP contribution in [0.25, 0.3) is 0 Å². The number of carbonyl (C=O) groups is 2. The number of urea groups is 1. The second-order valence-corrected chi connectivity index (χ2v) is 2.51. The Labute approximate surface area is 88.5 Å². The highest BCUT2D eigenvalue weighted by molar-refractivity contribution is 5.71. The molecule has 6 heteroatoms. The van der Waals surface area contributed by atoms with Crippen molar-refractivity contribution in [2.24, 2.45) is 11.5 Å². The molecule has 15 heavy (non-hydrogen) atoms. The first kappa shape index (κ1) is 15.6. The summed E-state index contributed by atoms with van der Waals surface area (Å²) in [5.74, 6) is -0.443. The monoisotopic (exact) mass is 216 g/mol. The van der Waals surface area contributed by atoms with Crippen molar-refractivity contribution in [3.8, 4) is 0 Å². The molecule has 6 nitrogen and oxygen atoms in total. The lowest BCUT2D eigenvalue weighted by Gasteiger charge is -2.00. The lowest BCUT2D eigenvalue weighted by Crippen LogP contribution is -2.18. The van der Waals surface area contributed by atoms with Crippen molar-refractivity contribution in [2.75, 3.05) is 13.2 Å². The Balaban J connectivity index is 0. The number of carbonyl (C=O) groups excluding carboxylic acids is 2. The fourth-order valence-electron chi connectivity index (χ4n) is 0.436. The van der Waals surface area contributed by atoms with Crippen molar-refractivity contribution < 1.29 is 19.1 Å². The van der Waals surface area contributed by atoms with Crippen LogP contribution >= 0.6 is 0 Å². The summed E-state index contributed by atoms with van der Waals surface area (Å²) < 4.78 is 9.28. The number of ether oxygens (including phenoxy) is 2. The molecule has 0 spiro atoms. The van der Waals surface area contributed by atoms with E-state index in [1.807, 2.05) is 6.92 Å². The Morgan fingerprint density at radius 2 is 1.80 bits per heavy atom. The van der Waals surface area contributed by atoms with Gasteiger partial charge in [0.2, 0.25) is 0 Å². The van der Waals surface area contributed by atoms with E-state index >= 15 is 0 Å². The largest absolute Gasteiger partial charge is 0.433 e. The average Bonchev–Trinajstić information content (AvgIpc) is 2.02. The van der Waals surface area contributed by atoms with E-state index in [4.69, 9.17) is 9.53 Å². The van der Waals surface area contributed by atoms with Gasteiger partial charge in [0.25, 0.3) is 0 Å². The topological polar surface area (TPSA) is 105 Å². The Kier molecular flexibility index (Phi) is 10.7. The van der Waals surface area contributed by atoms with Crippen molar-refractivity contribution in [2.45, 2.75) is 6.92 Å². The first-order chi connectivity index (χ1) is 6.90. The Bertz CT molecular complexity index is 234. The third-order valence-corrected chi connectivity index (χ3v) is 0.783. The molecular formula is C9H16N2O4. The third-order valence-electron chi connectivity index (χ3n) is 0.783. The fraction of sp³-hybridized carbons (Fsp3) is 0.333. The van der Waals surface area contributed by atoms with Crippen LogP contribution in [0, 0.1) is 0 Å². The second-order valence-electron chi connectivity index (χ2n) is 2.51. The lowest BCUT2D eigenvalue weighted by atomic mass is 10.4. The molecule has 0 atom stereocenters.